The first-order chi connectivity index (χ1) is 11.9. The molecule has 11 heteroatoms. The molecular weight excluding hydrogens is 499 g/mol. The number of hydrogen-bond acceptors (Lipinski definition) is 2. The molecule has 0 saturated carbocycles. The third-order valence-electron chi connectivity index (χ3n) is 3.81. The minimum Gasteiger partial charge on any atom is -0.206 e. The summed E-state index contributed by atoms with van der Waals surface area (Å²) in [5.74, 6) is -0.647. The van der Waals surface area contributed by atoms with Gasteiger partial charge in [0.2, 0.25) is 0 Å². The lowest BCUT2D eigenvalue weighted by atomic mass is 10.1. The van der Waals surface area contributed by atoms with E-state index in [1.54, 1.807) is 24.3 Å². The highest BCUT2D eigenvalue weighted by Crippen LogP contribution is 2.54. The third kappa shape index (κ3) is 3.20. The molecule has 1 aliphatic rings. The van der Waals surface area contributed by atoms with E-state index in [-0.39, 0.29) is 5.56 Å². The zero-order valence-electron chi connectivity index (χ0n) is 12.4. The molecule has 0 fully saturated rings. The number of benzene rings is 2. The molecular formula is C15H8F6INO2S. The van der Waals surface area contributed by atoms with E-state index in [0.29, 0.717) is 11.1 Å². The zero-order valence-corrected chi connectivity index (χ0v) is 15.4. The maximum absolute atomic E-state index is 12.9. The number of fused-ring (bicyclic) bond motifs is 1. The SMILES string of the molecule is O=S(=O)(c1cccc2c1C2c1ccccc1I)N(C(F)(F)F)C(F)(F)F. The van der Waals surface area contributed by atoms with Gasteiger partial charge in [-0.05, 0) is 55.7 Å². The van der Waals surface area contributed by atoms with Crippen LogP contribution < -0.4 is 0 Å². The average molecular weight is 507 g/mol. The second-order valence-electron chi connectivity index (χ2n) is 5.42. The summed E-state index contributed by atoms with van der Waals surface area (Å²) < 4.78 is 100.0. The molecule has 0 bridgehead atoms. The quantitative estimate of drug-likeness (QED) is 0.290. The Bertz CT molecular complexity index is 957. The molecule has 0 heterocycles. The van der Waals surface area contributed by atoms with E-state index in [0.717, 1.165) is 15.7 Å². The second-order valence-corrected chi connectivity index (χ2v) is 8.34. The van der Waals surface area contributed by atoms with Crippen molar-refractivity contribution in [1.29, 1.82) is 0 Å². The molecule has 3 rings (SSSR count). The third-order valence-corrected chi connectivity index (χ3v) is 6.60. The fraction of sp³-hybridized carbons (Fsp3) is 0.200. The smallest absolute Gasteiger partial charge is 0.206 e. The van der Waals surface area contributed by atoms with Crippen LogP contribution in [0.3, 0.4) is 0 Å². The first-order valence-corrected chi connectivity index (χ1v) is 9.45. The molecule has 0 aliphatic heterocycles. The maximum atomic E-state index is 12.9. The Morgan fingerprint density at radius 3 is 1.92 bits per heavy atom. The first kappa shape index (κ1) is 19.4. The number of nitrogens with zero attached hydrogens (tertiary/aromatic N) is 1. The van der Waals surface area contributed by atoms with Gasteiger partial charge in [-0.15, -0.1) is 0 Å². The summed E-state index contributed by atoms with van der Waals surface area (Å²) in [6.07, 6.45) is -12.3. The van der Waals surface area contributed by atoms with Crippen molar-refractivity contribution in [2.45, 2.75) is 23.4 Å². The van der Waals surface area contributed by atoms with Crippen LogP contribution in [0.25, 0.3) is 0 Å². The molecule has 26 heavy (non-hydrogen) atoms. The van der Waals surface area contributed by atoms with Crippen molar-refractivity contribution in [2.24, 2.45) is 0 Å². The Balaban J connectivity index is 2.13. The van der Waals surface area contributed by atoms with Gasteiger partial charge in [-0.2, -0.15) is 26.3 Å². The lowest BCUT2D eigenvalue weighted by molar-refractivity contribution is -0.333. The van der Waals surface area contributed by atoms with Crippen molar-refractivity contribution in [1.82, 2.24) is 4.31 Å². The largest absolute Gasteiger partial charge is 0.481 e. The van der Waals surface area contributed by atoms with Crippen molar-refractivity contribution in [3.8, 4) is 0 Å². The van der Waals surface area contributed by atoms with Crippen molar-refractivity contribution in [2.75, 3.05) is 0 Å². The summed E-state index contributed by atoms with van der Waals surface area (Å²) in [5.41, 5.74) is 0.964. The predicted octanol–water partition coefficient (Wildman–Crippen LogP) is 4.82. The Morgan fingerprint density at radius 1 is 0.846 bits per heavy atom. The molecule has 2 aromatic carbocycles. The maximum Gasteiger partial charge on any atom is 0.481 e. The Kier molecular flexibility index (Phi) is 4.55. The van der Waals surface area contributed by atoms with Crippen LogP contribution in [0.1, 0.15) is 22.6 Å². The highest BCUT2D eigenvalue weighted by Gasteiger charge is 2.62. The number of rotatable bonds is 3. The fourth-order valence-electron chi connectivity index (χ4n) is 2.81. The minimum absolute atomic E-state index is 0.0462. The Hall–Kier alpha value is -1.34. The molecule has 1 unspecified atom stereocenters. The van der Waals surface area contributed by atoms with Gasteiger partial charge in [0, 0.05) is 9.49 Å². The van der Waals surface area contributed by atoms with Crippen molar-refractivity contribution in [3.63, 3.8) is 0 Å². The van der Waals surface area contributed by atoms with E-state index in [9.17, 15) is 34.8 Å². The van der Waals surface area contributed by atoms with Gasteiger partial charge in [-0.3, -0.25) is 0 Å². The van der Waals surface area contributed by atoms with Crippen LogP contribution in [0, 0.1) is 3.57 Å². The molecule has 2 aromatic rings. The molecule has 0 N–H and O–H groups in total. The topological polar surface area (TPSA) is 37.4 Å². The number of sulfonamides is 1. The molecule has 1 atom stereocenters. The van der Waals surface area contributed by atoms with Gasteiger partial charge in [-0.1, -0.05) is 30.3 Å². The highest BCUT2D eigenvalue weighted by molar-refractivity contribution is 14.1. The molecule has 0 radical (unpaired) electrons. The monoisotopic (exact) mass is 507 g/mol. The van der Waals surface area contributed by atoms with E-state index in [4.69, 9.17) is 0 Å². The van der Waals surface area contributed by atoms with Gasteiger partial charge < -0.3 is 0 Å². The van der Waals surface area contributed by atoms with Crippen LogP contribution >= 0.6 is 22.6 Å². The number of alkyl halides is 6. The van der Waals surface area contributed by atoms with Gasteiger partial charge in [0.25, 0.3) is 10.0 Å². The van der Waals surface area contributed by atoms with Crippen LogP contribution in [0.2, 0.25) is 0 Å². The molecule has 0 aromatic heterocycles. The molecule has 1 aliphatic carbocycles. The van der Waals surface area contributed by atoms with Crippen molar-refractivity contribution in [3.05, 3.63) is 62.7 Å². The van der Waals surface area contributed by atoms with Gasteiger partial charge >= 0.3 is 12.6 Å². The molecule has 0 saturated heterocycles. The van der Waals surface area contributed by atoms with Crippen molar-refractivity contribution >= 4 is 32.6 Å². The van der Waals surface area contributed by atoms with Crippen LogP contribution in [-0.4, -0.2) is 25.3 Å². The van der Waals surface area contributed by atoms with E-state index in [2.05, 4.69) is 0 Å². The standard InChI is InChI=1S/C15H8F6INO2S/c16-14(17,18)23(15(19,20)21)26(24,25)11-7-3-5-9-12(13(9)11)8-4-1-2-6-10(8)22/h1-7,12H. The molecule has 140 valence electrons. The minimum atomic E-state index is -6.13. The number of halogens is 7. The van der Waals surface area contributed by atoms with Crippen LogP contribution in [0.15, 0.2) is 47.4 Å². The van der Waals surface area contributed by atoms with Crippen LogP contribution in [0.4, 0.5) is 26.3 Å². The fourth-order valence-corrected chi connectivity index (χ4v) is 5.01. The lowest BCUT2D eigenvalue weighted by Gasteiger charge is -2.25. The number of hydrogen-bond donors (Lipinski definition) is 0. The van der Waals surface area contributed by atoms with Crippen LogP contribution in [-0.2, 0) is 10.0 Å². The van der Waals surface area contributed by atoms with Gasteiger partial charge in [0.05, 0.1) is 4.90 Å². The Labute approximate surface area is 157 Å². The van der Waals surface area contributed by atoms with E-state index < -0.39 is 37.7 Å². The normalized spacial score (nSPS) is 17.3. The first-order valence-electron chi connectivity index (χ1n) is 6.93. The van der Waals surface area contributed by atoms with Gasteiger partial charge in [-0.25, -0.2) is 8.42 Å². The lowest BCUT2D eigenvalue weighted by Crippen LogP contribution is -2.51. The van der Waals surface area contributed by atoms with Gasteiger partial charge in [0.1, 0.15) is 0 Å². The summed E-state index contributed by atoms with van der Waals surface area (Å²) in [7, 11) is -5.87. The van der Waals surface area contributed by atoms with Crippen LogP contribution in [0.5, 0.6) is 0 Å². The van der Waals surface area contributed by atoms with Crippen molar-refractivity contribution < 1.29 is 34.8 Å². The Morgan fingerprint density at radius 2 is 1.38 bits per heavy atom. The molecule has 0 spiro atoms. The zero-order chi connectivity index (χ0) is 19.5. The van der Waals surface area contributed by atoms with E-state index >= 15 is 0 Å². The van der Waals surface area contributed by atoms with E-state index in [1.165, 1.54) is 6.07 Å². The molecule has 3 nitrogen and oxygen atoms in total. The highest BCUT2D eigenvalue weighted by atomic mass is 127. The average Bonchev–Trinajstić information content (AvgIpc) is 3.18. The summed E-state index contributed by atoms with van der Waals surface area (Å²) in [6.45, 7) is 0. The summed E-state index contributed by atoms with van der Waals surface area (Å²) in [4.78, 5) is -0.991. The summed E-state index contributed by atoms with van der Waals surface area (Å²) in [5, 5.41) is 0. The van der Waals surface area contributed by atoms with E-state index in [1.807, 2.05) is 22.6 Å². The van der Waals surface area contributed by atoms with Gasteiger partial charge in [0.15, 0.2) is 0 Å². The second kappa shape index (κ2) is 6.09. The summed E-state index contributed by atoms with van der Waals surface area (Å²) in [6, 6.07) is 10.1. The predicted molar refractivity (Wildman–Crippen MR) is 87.7 cm³/mol. The molecule has 0 amide bonds. The summed E-state index contributed by atoms with van der Waals surface area (Å²) >= 11 is 1.97.